The van der Waals surface area contributed by atoms with Crippen LogP contribution in [0.3, 0.4) is 0 Å². The lowest BCUT2D eigenvalue weighted by atomic mass is 10.1. The maximum absolute atomic E-state index is 7.57. The number of nitrogens with two attached hydrogens (primary N) is 2. The Bertz CT molecular complexity index is 471. The molecule has 9 nitrogen and oxygen atoms in total. The number of aliphatic hydroxyl groups excluding tert-OH is 1. The number of hydrogen-bond acceptors (Lipinski definition) is 7. The van der Waals surface area contributed by atoms with E-state index in [0.29, 0.717) is 17.0 Å². The fourth-order valence-corrected chi connectivity index (χ4v) is 1.92. The minimum atomic E-state index is 0. The molecule has 0 spiro atoms. The van der Waals surface area contributed by atoms with Crippen LogP contribution in [0, 0.1) is 5.92 Å². The molecule has 2 rings (SSSR count). The van der Waals surface area contributed by atoms with Gasteiger partial charge in [0.05, 0.1) is 0 Å². The molecule has 0 aromatic rings. The van der Waals surface area contributed by atoms with Crippen LogP contribution in [0.5, 0.6) is 0 Å². The molecule has 2 aliphatic rings. The summed E-state index contributed by atoms with van der Waals surface area (Å²) in [6.07, 6.45) is 7.91. The molecule has 6 N–H and O–H groups in total. The fourth-order valence-electron chi connectivity index (χ4n) is 1.66. The summed E-state index contributed by atoms with van der Waals surface area (Å²) >= 11 is 1.48. The average molecular weight is 603 g/mol. The van der Waals surface area contributed by atoms with E-state index in [-0.39, 0.29) is 55.4 Å². The molecule has 0 saturated carbocycles. The Morgan fingerprint density at radius 1 is 1.20 bits per heavy atom. The Morgan fingerprint density at radius 3 is 2.03 bits per heavy atom. The zero-order valence-electron chi connectivity index (χ0n) is 18.7. The molecule has 0 bridgehead atoms. The van der Waals surface area contributed by atoms with Gasteiger partial charge in [0.2, 0.25) is 5.96 Å². The number of rotatable bonds is 3. The number of amidine groups is 1. The molecule has 0 amide bonds. The van der Waals surface area contributed by atoms with Crippen molar-refractivity contribution < 1.29 is 5.11 Å². The molecule has 0 aromatic carbocycles. The molecule has 30 heavy (non-hydrogen) atoms. The molecule has 1 atom stereocenters. The third-order valence-corrected chi connectivity index (χ3v) is 3.60. The van der Waals surface area contributed by atoms with Gasteiger partial charge in [0, 0.05) is 57.6 Å². The number of hydrazone groups is 2. The second-order valence-corrected chi connectivity index (χ2v) is 6.01. The molecule has 13 heteroatoms. The maximum Gasteiger partial charge on any atom is 0.212 e. The number of guanidine groups is 1. The molecule has 0 saturated heterocycles. The minimum Gasteiger partial charge on any atom is -0.397 e. The van der Waals surface area contributed by atoms with Crippen molar-refractivity contribution in [2.45, 2.75) is 40.5 Å². The summed E-state index contributed by atoms with van der Waals surface area (Å²) in [4.78, 5) is 7.91. The van der Waals surface area contributed by atoms with Crippen molar-refractivity contribution in [1.29, 1.82) is 0 Å². The Hall–Kier alpha value is -0.500. The highest BCUT2D eigenvalue weighted by atomic mass is 127. The van der Waals surface area contributed by atoms with Gasteiger partial charge in [0.25, 0.3) is 0 Å². The lowest BCUT2D eigenvalue weighted by Crippen LogP contribution is -2.31. The van der Waals surface area contributed by atoms with Crippen LogP contribution < -0.4 is 16.9 Å². The van der Waals surface area contributed by atoms with Crippen LogP contribution in [0.15, 0.2) is 20.2 Å². The Balaban J connectivity index is -0.0000000949. The second-order valence-electron chi connectivity index (χ2n) is 5.18. The summed E-state index contributed by atoms with van der Waals surface area (Å²) in [5.41, 5.74) is 13.7. The van der Waals surface area contributed by atoms with Gasteiger partial charge in [0.15, 0.2) is 5.17 Å². The predicted octanol–water partition coefficient (Wildman–Crippen LogP) is 2.76. The van der Waals surface area contributed by atoms with Gasteiger partial charge in [-0.05, 0) is 33.4 Å². The molecule has 0 fully saturated rings. The number of nitrogens with zero attached hydrogens (tertiary/aromatic N) is 5. The SMILES string of the molecule is CCC1C=NNC1.CCN=C(N)N1CCC=N1.CCN=C(N)SC.CCO.Cl.Cl.I. The maximum atomic E-state index is 7.57. The van der Waals surface area contributed by atoms with Crippen LogP contribution in [0.2, 0.25) is 0 Å². The lowest BCUT2D eigenvalue weighted by Gasteiger charge is -2.10. The summed E-state index contributed by atoms with van der Waals surface area (Å²) in [6, 6.07) is 0. The second kappa shape index (κ2) is 30.7. The monoisotopic (exact) mass is 602 g/mol. The quantitative estimate of drug-likeness (QED) is 0.223. The number of hydrogen-bond donors (Lipinski definition) is 4. The van der Waals surface area contributed by atoms with Gasteiger partial charge in [-0.25, -0.2) is 5.01 Å². The number of thioether (sulfide) groups is 1. The van der Waals surface area contributed by atoms with Gasteiger partial charge in [-0.15, -0.1) is 48.8 Å². The van der Waals surface area contributed by atoms with E-state index in [2.05, 4.69) is 32.5 Å². The first-order valence-electron chi connectivity index (χ1n) is 9.31. The first-order valence-corrected chi connectivity index (χ1v) is 10.5. The van der Waals surface area contributed by atoms with Crippen LogP contribution >= 0.6 is 60.6 Å². The number of halogens is 3. The number of aliphatic imine (C=N–C) groups is 2. The summed E-state index contributed by atoms with van der Waals surface area (Å²) in [5, 5.41) is 17.8. The first-order chi connectivity index (χ1) is 13.0. The molecule has 1 unspecified atom stereocenters. The van der Waals surface area contributed by atoms with Crippen LogP contribution in [0.25, 0.3) is 0 Å². The van der Waals surface area contributed by atoms with Crippen molar-refractivity contribution in [2.75, 3.05) is 39.0 Å². The molecule has 182 valence electrons. The van der Waals surface area contributed by atoms with Crippen LogP contribution in [0.4, 0.5) is 0 Å². The van der Waals surface area contributed by atoms with Crippen molar-refractivity contribution in [3.63, 3.8) is 0 Å². The highest BCUT2D eigenvalue weighted by molar-refractivity contribution is 14.0. The largest absolute Gasteiger partial charge is 0.397 e. The lowest BCUT2D eigenvalue weighted by molar-refractivity contribution is 0.318. The normalized spacial score (nSPS) is 16.1. The summed E-state index contributed by atoms with van der Waals surface area (Å²) in [7, 11) is 0. The highest BCUT2D eigenvalue weighted by Gasteiger charge is 2.08. The van der Waals surface area contributed by atoms with E-state index in [9.17, 15) is 0 Å². The zero-order valence-corrected chi connectivity index (χ0v) is 23.4. The molecule has 2 aliphatic heterocycles. The van der Waals surface area contributed by atoms with Gasteiger partial charge in [0.1, 0.15) is 0 Å². The smallest absolute Gasteiger partial charge is 0.212 e. The van der Waals surface area contributed by atoms with E-state index < -0.39 is 0 Å². The summed E-state index contributed by atoms with van der Waals surface area (Å²) in [5.74, 6) is 1.22. The van der Waals surface area contributed by atoms with E-state index in [1.54, 1.807) is 11.9 Å². The predicted molar refractivity (Wildman–Crippen MR) is 151 cm³/mol. The highest BCUT2D eigenvalue weighted by Crippen LogP contribution is 2.00. The molecule has 0 radical (unpaired) electrons. The van der Waals surface area contributed by atoms with E-state index in [0.717, 1.165) is 32.6 Å². The Kier molecular flexibility index (Phi) is 40.8. The molecular weight excluding hydrogens is 562 g/mol. The summed E-state index contributed by atoms with van der Waals surface area (Å²) in [6.45, 7) is 11.4. The molecular formula is C17H41Cl2IN8OS. The molecule has 0 aromatic heterocycles. The van der Waals surface area contributed by atoms with Crippen LogP contribution in [0.1, 0.15) is 40.5 Å². The molecule has 0 aliphatic carbocycles. The van der Waals surface area contributed by atoms with Gasteiger partial charge < -0.3 is 22.0 Å². The minimum absolute atomic E-state index is 0. The van der Waals surface area contributed by atoms with Crippen molar-refractivity contribution >= 4 is 84.1 Å². The van der Waals surface area contributed by atoms with E-state index in [1.807, 2.05) is 32.5 Å². The van der Waals surface area contributed by atoms with Gasteiger partial charge >= 0.3 is 0 Å². The van der Waals surface area contributed by atoms with Crippen LogP contribution in [-0.4, -0.2) is 72.7 Å². The average Bonchev–Trinajstić information content (AvgIpc) is 3.37. The van der Waals surface area contributed by atoms with Crippen molar-refractivity contribution in [2.24, 2.45) is 37.6 Å². The Labute approximate surface area is 215 Å². The van der Waals surface area contributed by atoms with Crippen molar-refractivity contribution in [3.8, 4) is 0 Å². The van der Waals surface area contributed by atoms with Crippen LogP contribution in [-0.2, 0) is 0 Å². The third-order valence-electron chi connectivity index (χ3n) is 3.05. The fraction of sp³-hybridized carbons (Fsp3) is 0.765. The standard InChI is InChI=1S/C6H12N4.C5H10N2.C4H10N2S.C2H6O.2ClH.HI/c1-2-8-6(7)10-5-3-4-9-10;1-2-5-3-6-7-4-5;1-3-6-4(5)7-2;1-2-3;;;/h4H,2-3,5H2,1H3,(H2,7,8);3,5,7H,2,4H2,1H3;3H2,1-2H3,(H2,5,6);3H,2H2,1H3;3*1H. The van der Waals surface area contributed by atoms with E-state index in [1.165, 1.54) is 18.2 Å². The summed E-state index contributed by atoms with van der Waals surface area (Å²) < 4.78 is 0. The van der Waals surface area contributed by atoms with Crippen molar-refractivity contribution in [1.82, 2.24) is 10.4 Å². The Morgan fingerprint density at radius 2 is 1.77 bits per heavy atom. The van der Waals surface area contributed by atoms with Gasteiger partial charge in [-0.1, -0.05) is 18.7 Å². The molecule has 2 heterocycles. The first kappa shape index (κ1) is 39.9. The van der Waals surface area contributed by atoms with Crippen molar-refractivity contribution in [3.05, 3.63) is 0 Å². The van der Waals surface area contributed by atoms with E-state index in [4.69, 9.17) is 16.6 Å². The number of nitrogens with one attached hydrogen (secondary N) is 1. The van der Waals surface area contributed by atoms with Gasteiger partial charge in [-0.3, -0.25) is 9.98 Å². The zero-order chi connectivity index (χ0) is 20.9. The topological polar surface area (TPSA) is 137 Å². The number of aliphatic hydroxyl groups is 1. The van der Waals surface area contributed by atoms with E-state index >= 15 is 0 Å². The third kappa shape index (κ3) is 25.5. The van der Waals surface area contributed by atoms with Gasteiger partial charge in [-0.2, -0.15) is 10.2 Å².